The average Bonchev–Trinajstić information content (AvgIpc) is 3.12. The number of hydrogen-bond acceptors (Lipinski definition) is 5. The molecule has 1 amide bonds. The Kier molecular flexibility index (Phi) is 6.17. The summed E-state index contributed by atoms with van der Waals surface area (Å²) in [6.45, 7) is 1.25. The second-order valence-electron chi connectivity index (χ2n) is 7.26. The van der Waals surface area contributed by atoms with Gasteiger partial charge in [-0.25, -0.2) is 8.42 Å². The van der Waals surface area contributed by atoms with Crippen molar-refractivity contribution in [2.45, 2.75) is 11.8 Å². The Labute approximate surface area is 195 Å². The van der Waals surface area contributed by atoms with Crippen LogP contribution in [-0.4, -0.2) is 31.0 Å². The number of halogens is 1. The van der Waals surface area contributed by atoms with E-state index in [0.717, 1.165) is 9.87 Å². The molecule has 0 atom stereocenters. The Bertz CT molecular complexity index is 1450. The minimum atomic E-state index is -4.08. The number of nitrogens with zero attached hydrogens (tertiary/aromatic N) is 3. The fraction of sp³-hybridized carbons (Fsp3) is 0.0870. The molecule has 8 nitrogen and oxygen atoms in total. The van der Waals surface area contributed by atoms with Crippen molar-refractivity contribution in [3.63, 3.8) is 0 Å². The maximum Gasteiger partial charge on any atom is 0.285 e. The molecule has 1 aromatic heterocycles. The number of aromatic nitrogens is 1. The zero-order chi connectivity index (χ0) is 23.6. The minimum absolute atomic E-state index is 0.0297. The van der Waals surface area contributed by atoms with E-state index in [1.807, 2.05) is 6.92 Å². The molecule has 0 saturated carbocycles. The first-order chi connectivity index (χ1) is 15.8. The first-order valence-electron chi connectivity index (χ1n) is 9.85. The van der Waals surface area contributed by atoms with Gasteiger partial charge in [0.2, 0.25) is 5.88 Å². The number of aromatic hydroxyl groups is 1. The Morgan fingerprint density at radius 1 is 1.03 bits per heavy atom. The molecule has 33 heavy (non-hydrogen) atoms. The molecule has 0 aliphatic heterocycles. The lowest BCUT2D eigenvalue weighted by molar-refractivity contribution is -0.116. The summed E-state index contributed by atoms with van der Waals surface area (Å²) in [5.74, 6) is -1.06. The normalized spacial score (nSPS) is 11.8. The fourth-order valence-electron chi connectivity index (χ4n) is 3.23. The summed E-state index contributed by atoms with van der Waals surface area (Å²) in [6, 6.07) is 19.4. The molecular weight excluding hydrogens is 464 g/mol. The number of azo groups is 1. The Morgan fingerprint density at radius 3 is 2.39 bits per heavy atom. The quantitative estimate of drug-likeness (QED) is 0.361. The highest BCUT2D eigenvalue weighted by atomic mass is 35.5. The number of aryl methyl sites for hydroxylation is 1. The number of rotatable bonds is 6. The highest BCUT2D eigenvalue weighted by Gasteiger charge is 2.27. The highest BCUT2D eigenvalue weighted by molar-refractivity contribution is 7.92. The van der Waals surface area contributed by atoms with Gasteiger partial charge in [-0.05, 0) is 49.4 Å². The predicted molar refractivity (Wildman–Crippen MR) is 127 cm³/mol. The number of amides is 1. The number of para-hydroxylation sites is 1. The standard InChI is InChI=1S/C23H19ClN4O4S/c1-15-6-12-18(13-7-15)33(31,32)28(17-10-8-16(24)9-11-17)14-21(29)26-27-22-19-4-2-3-5-20(19)25-23(22)30/h2-13,25,30H,14H2,1H3. The summed E-state index contributed by atoms with van der Waals surface area (Å²) in [4.78, 5) is 15.5. The van der Waals surface area contributed by atoms with Crippen LogP contribution in [0.4, 0.5) is 11.4 Å². The number of anilines is 1. The fourth-order valence-corrected chi connectivity index (χ4v) is 4.77. The summed E-state index contributed by atoms with van der Waals surface area (Å²) < 4.78 is 27.6. The van der Waals surface area contributed by atoms with Crippen molar-refractivity contribution >= 4 is 49.8 Å². The van der Waals surface area contributed by atoms with Gasteiger partial charge in [0.15, 0.2) is 5.69 Å². The number of sulfonamides is 1. The van der Waals surface area contributed by atoms with E-state index in [-0.39, 0.29) is 22.2 Å². The lowest BCUT2D eigenvalue weighted by Crippen LogP contribution is -2.35. The molecule has 2 N–H and O–H groups in total. The van der Waals surface area contributed by atoms with Gasteiger partial charge in [-0.3, -0.25) is 9.10 Å². The van der Waals surface area contributed by atoms with E-state index in [1.54, 1.807) is 36.4 Å². The number of carbonyl (C=O) groups excluding carboxylic acids is 1. The molecule has 0 saturated heterocycles. The molecule has 3 aromatic carbocycles. The number of carbonyl (C=O) groups is 1. The van der Waals surface area contributed by atoms with Gasteiger partial charge >= 0.3 is 0 Å². The first kappa shape index (κ1) is 22.5. The van der Waals surface area contributed by atoms with Crippen molar-refractivity contribution in [1.82, 2.24) is 4.98 Å². The topological polar surface area (TPSA) is 115 Å². The molecule has 0 fully saturated rings. The molecule has 0 spiro atoms. The summed E-state index contributed by atoms with van der Waals surface area (Å²) in [7, 11) is -4.08. The highest BCUT2D eigenvalue weighted by Crippen LogP contribution is 2.35. The lowest BCUT2D eigenvalue weighted by Gasteiger charge is -2.23. The predicted octanol–water partition coefficient (Wildman–Crippen LogP) is 5.34. The van der Waals surface area contributed by atoms with E-state index in [0.29, 0.717) is 15.9 Å². The van der Waals surface area contributed by atoms with Crippen LogP contribution < -0.4 is 4.31 Å². The maximum atomic E-state index is 13.3. The van der Waals surface area contributed by atoms with Crippen molar-refractivity contribution in [2.75, 3.05) is 10.8 Å². The largest absolute Gasteiger partial charge is 0.493 e. The van der Waals surface area contributed by atoms with E-state index in [4.69, 9.17) is 11.6 Å². The van der Waals surface area contributed by atoms with E-state index in [2.05, 4.69) is 15.2 Å². The summed E-state index contributed by atoms with van der Waals surface area (Å²) in [5, 5.41) is 18.6. The van der Waals surface area contributed by atoms with Gasteiger partial charge in [0, 0.05) is 10.4 Å². The van der Waals surface area contributed by atoms with Crippen LogP contribution in [0.1, 0.15) is 5.56 Å². The summed E-state index contributed by atoms with van der Waals surface area (Å²) in [6.07, 6.45) is 0. The van der Waals surface area contributed by atoms with Gasteiger partial charge in [0.25, 0.3) is 15.9 Å². The third-order valence-electron chi connectivity index (χ3n) is 4.92. The Hall–Kier alpha value is -3.69. The monoisotopic (exact) mass is 482 g/mol. The van der Waals surface area contributed by atoms with Gasteiger partial charge in [-0.15, -0.1) is 10.2 Å². The lowest BCUT2D eigenvalue weighted by atomic mass is 10.2. The van der Waals surface area contributed by atoms with Crippen molar-refractivity contribution in [1.29, 1.82) is 0 Å². The van der Waals surface area contributed by atoms with Crippen LogP contribution in [0.25, 0.3) is 10.9 Å². The first-order valence-corrected chi connectivity index (χ1v) is 11.7. The number of aromatic amines is 1. The van der Waals surface area contributed by atoms with Crippen LogP contribution in [-0.2, 0) is 14.8 Å². The second-order valence-corrected chi connectivity index (χ2v) is 9.56. The smallest absolute Gasteiger partial charge is 0.285 e. The van der Waals surface area contributed by atoms with Crippen LogP contribution in [0.3, 0.4) is 0 Å². The molecule has 4 rings (SSSR count). The van der Waals surface area contributed by atoms with Crippen molar-refractivity contribution in [3.05, 3.63) is 83.4 Å². The molecule has 1 heterocycles. The molecule has 4 aromatic rings. The minimum Gasteiger partial charge on any atom is -0.493 e. The number of benzene rings is 3. The van der Waals surface area contributed by atoms with Gasteiger partial charge in [0.1, 0.15) is 6.54 Å². The van der Waals surface area contributed by atoms with Crippen LogP contribution in [0, 0.1) is 6.92 Å². The van der Waals surface area contributed by atoms with Crippen molar-refractivity contribution in [3.8, 4) is 5.88 Å². The zero-order valence-electron chi connectivity index (χ0n) is 17.4. The number of hydrogen-bond donors (Lipinski definition) is 2. The maximum absolute atomic E-state index is 13.3. The molecule has 10 heteroatoms. The van der Waals surface area contributed by atoms with Crippen molar-refractivity contribution in [2.24, 2.45) is 10.2 Å². The molecule has 0 unspecified atom stereocenters. The van der Waals surface area contributed by atoms with Crippen LogP contribution in [0.2, 0.25) is 5.02 Å². The zero-order valence-corrected chi connectivity index (χ0v) is 19.0. The van der Waals surface area contributed by atoms with E-state index in [1.165, 1.54) is 36.4 Å². The molecule has 0 aliphatic rings. The summed E-state index contributed by atoms with van der Waals surface area (Å²) in [5.41, 5.74) is 1.87. The van der Waals surface area contributed by atoms with Crippen molar-refractivity contribution < 1.29 is 18.3 Å². The van der Waals surface area contributed by atoms with E-state index >= 15 is 0 Å². The Balaban J connectivity index is 1.67. The van der Waals surface area contributed by atoms with Gasteiger partial charge in [-0.2, -0.15) is 0 Å². The van der Waals surface area contributed by atoms with Gasteiger partial charge in [-0.1, -0.05) is 47.5 Å². The molecule has 0 radical (unpaired) electrons. The van der Waals surface area contributed by atoms with Crippen LogP contribution in [0.15, 0.2) is 87.9 Å². The SMILES string of the molecule is Cc1ccc(S(=O)(=O)N(CC(=O)N=Nc2c(O)[nH]c3ccccc23)c2ccc(Cl)cc2)cc1. The molecule has 168 valence electrons. The average molecular weight is 483 g/mol. The molecule has 0 aliphatic carbocycles. The van der Waals surface area contributed by atoms with Gasteiger partial charge in [0.05, 0.1) is 16.1 Å². The number of nitrogens with one attached hydrogen (secondary N) is 1. The van der Waals surface area contributed by atoms with Crippen LogP contribution in [0.5, 0.6) is 5.88 Å². The van der Waals surface area contributed by atoms with Gasteiger partial charge < -0.3 is 10.1 Å². The molecular formula is C23H19ClN4O4S. The Morgan fingerprint density at radius 2 is 1.70 bits per heavy atom. The number of fused-ring (bicyclic) bond motifs is 1. The van der Waals surface area contributed by atoms with E-state index in [9.17, 15) is 18.3 Å². The summed E-state index contributed by atoms with van der Waals surface area (Å²) >= 11 is 5.95. The second kappa shape index (κ2) is 9.05. The third kappa shape index (κ3) is 4.74. The van der Waals surface area contributed by atoms with E-state index < -0.39 is 22.5 Å². The number of H-pyrrole nitrogens is 1. The third-order valence-corrected chi connectivity index (χ3v) is 6.96. The van der Waals surface area contributed by atoms with Crippen LogP contribution >= 0.6 is 11.6 Å². The molecule has 0 bridgehead atoms.